The van der Waals surface area contributed by atoms with Gasteiger partial charge in [0, 0.05) is 6.61 Å². The SMILES string of the molecule is CCO[C@H](C)n1cc(N)cn1. The molecule has 0 spiro atoms. The number of rotatable bonds is 3. The van der Waals surface area contributed by atoms with Crippen LogP contribution in [0.1, 0.15) is 20.1 Å². The highest BCUT2D eigenvalue weighted by molar-refractivity contribution is 5.30. The topological polar surface area (TPSA) is 53.1 Å². The summed E-state index contributed by atoms with van der Waals surface area (Å²) < 4.78 is 6.98. The van der Waals surface area contributed by atoms with Crippen molar-refractivity contribution in [2.45, 2.75) is 20.1 Å². The Labute approximate surface area is 66.0 Å². The van der Waals surface area contributed by atoms with E-state index in [4.69, 9.17) is 10.5 Å². The molecule has 0 aliphatic rings. The Morgan fingerprint density at radius 2 is 2.55 bits per heavy atom. The molecule has 0 aliphatic carbocycles. The minimum Gasteiger partial charge on any atom is -0.396 e. The Kier molecular flexibility index (Phi) is 2.48. The van der Waals surface area contributed by atoms with E-state index < -0.39 is 0 Å². The van der Waals surface area contributed by atoms with E-state index in [1.54, 1.807) is 17.1 Å². The molecule has 62 valence electrons. The third kappa shape index (κ3) is 1.94. The standard InChI is InChI=1S/C7H13N3O/c1-3-11-6(2)10-5-7(8)4-9-10/h4-6H,3,8H2,1-2H3/t6-/m1/s1. The van der Waals surface area contributed by atoms with Gasteiger partial charge in [0.05, 0.1) is 18.1 Å². The van der Waals surface area contributed by atoms with Crippen LogP contribution in [0, 0.1) is 0 Å². The van der Waals surface area contributed by atoms with Crippen molar-refractivity contribution in [2.75, 3.05) is 12.3 Å². The summed E-state index contributed by atoms with van der Waals surface area (Å²) in [6, 6.07) is 0. The van der Waals surface area contributed by atoms with Crippen molar-refractivity contribution in [3.63, 3.8) is 0 Å². The molecule has 0 aromatic carbocycles. The van der Waals surface area contributed by atoms with Gasteiger partial charge in [-0.15, -0.1) is 0 Å². The van der Waals surface area contributed by atoms with Crippen LogP contribution in [-0.2, 0) is 4.74 Å². The highest BCUT2D eigenvalue weighted by Crippen LogP contribution is 2.07. The zero-order chi connectivity index (χ0) is 8.27. The molecule has 4 heteroatoms. The van der Waals surface area contributed by atoms with Crippen molar-refractivity contribution < 1.29 is 4.74 Å². The summed E-state index contributed by atoms with van der Waals surface area (Å²) >= 11 is 0. The molecule has 0 bridgehead atoms. The Balaban J connectivity index is 2.60. The van der Waals surface area contributed by atoms with E-state index in [1.165, 1.54) is 0 Å². The van der Waals surface area contributed by atoms with E-state index in [0.29, 0.717) is 12.3 Å². The maximum Gasteiger partial charge on any atom is 0.147 e. The zero-order valence-electron chi connectivity index (χ0n) is 6.82. The molecule has 1 aromatic heterocycles. The number of nitrogens with two attached hydrogens (primary N) is 1. The molecule has 0 saturated heterocycles. The van der Waals surface area contributed by atoms with Gasteiger partial charge in [0.25, 0.3) is 0 Å². The van der Waals surface area contributed by atoms with Crippen LogP contribution in [0.5, 0.6) is 0 Å². The Bertz CT molecular complexity index is 221. The van der Waals surface area contributed by atoms with Gasteiger partial charge in [-0.05, 0) is 13.8 Å². The molecule has 0 radical (unpaired) electrons. The summed E-state index contributed by atoms with van der Waals surface area (Å²) in [5, 5.41) is 4.00. The second kappa shape index (κ2) is 3.39. The molecule has 0 unspecified atom stereocenters. The van der Waals surface area contributed by atoms with Crippen LogP contribution < -0.4 is 5.73 Å². The number of nitrogen functional groups attached to an aromatic ring is 1. The first-order valence-corrected chi connectivity index (χ1v) is 3.65. The molecule has 4 nitrogen and oxygen atoms in total. The van der Waals surface area contributed by atoms with E-state index >= 15 is 0 Å². The fraction of sp³-hybridized carbons (Fsp3) is 0.571. The number of aromatic nitrogens is 2. The Morgan fingerprint density at radius 3 is 3.00 bits per heavy atom. The first kappa shape index (κ1) is 8.07. The van der Waals surface area contributed by atoms with Gasteiger partial charge >= 0.3 is 0 Å². The third-order valence-corrected chi connectivity index (χ3v) is 1.40. The van der Waals surface area contributed by atoms with Gasteiger partial charge in [-0.2, -0.15) is 5.10 Å². The highest BCUT2D eigenvalue weighted by atomic mass is 16.5. The summed E-state index contributed by atoms with van der Waals surface area (Å²) in [7, 11) is 0. The average Bonchev–Trinajstić information content (AvgIpc) is 2.36. The number of ether oxygens (including phenoxy) is 1. The van der Waals surface area contributed by atoms with Gasteiger partial charge in [0.1, 0.15) is 6.23 Å². The second-order valence-corrected chi connectivity index (χ2v) is 2.31. The minimum atomic E-state index is -0.0303. The summed E-state index contributed by atoms with van der Waals surface area (Å²) in [6.45, 7) is 4.56. The highest BCUT2D eigenvalue weighted by Gasteiger charge is 2.02. The van der Waals surface area contributed by atoms with Crippen LogP contribution in [-0.4, -0.2) is 16.4 Å². The van der Waals surface area contributed by atoms with E-state index in [-0.39, 0.29) is 6.23 Å². The van der Waals surface area contributed by atoms with Gasteiger partial charge in [-0.25, -0.2) is 4.68 Å². The van der Waals surface area contributed by atoms with Crippen LogP contribution >= 0.6 is 0 Å². The number of anilines is 1. The minimum absolute atomic E-state index is 0.0303. The second-order valence-electron chi connectivity index (χ2n) is 2.31. The lowest BCUT2D eigenvalue weighted by molar-refractivity contribution is 0.0160. The lowest BCUT2D eigenvalue weighted by Gasteiger charge is -2.10. The number of hydrogen-bond acceptors (Lipinski definition) is 3. The summed E-state index contributed by atoms with van der Waals surface area (Å²) in [5.74, 6) is 0. The van der Waals surface area contributed by atoms with Gasteiger partial charge in [-0.1, -0.05) is 0 Å². The van der Waals surface area contributed by atoms with Gasteiger partial charge in [0.2, 0.25) is 0 Å². The molecule has 0 aliphatic heterocycles. The van der Waals surface area contributed by atoms with Crippen LogP contribution in [0.2, 0.25) is 0 Å². The maximum absolute atomic E-state index is 5.47. The molecule has 1 heterocycles. The van der Waals surface area contributed by atoms with E-state index in [9.17, 15) is 0 Å². The number of hydrogen-bond donors (Lipinski definition) is 1. The molecule has 1 atom stereocenters. The van der Waals surface area contributed by atoms with Crippen molar-refractivity contribution in [3.8, 4) is 0 Å². The average molecular weight is 155 g/mol. The predicted molar refractivity (Wildman–Crippen MR) is 43.0 cm³/mol. The molecular formula is C7H13N3O. The fourth-order valence-corrected chi connectivity index (χ4v) is 0.869. The van der Waals surface area contributed by atoms with Crippen molar-refractivity contribution in [2.24, 2.45) is 0 Å². The van der Waals surface area contributed by atoms with Crippen molar-refractivity contribution in [1.29, 1.82) is 0 Å². The fourth-order valence-electron chi connectivity index (χ4n) is 0.869. The number of nitrogens with zero attached hydrogens (tertiary/aromatic N) is 2. The predicted octanol–water partition coefficient (Wildman–Crippen LogP) is 1.02. The molecule has 2 N–H and O–H groups in total. The van der Waals surface area contributed by atoms with Crippen LogP contribution in [0.15, 0.2) is 12.4 Å². The van der Waals surface area contributed by atoms with E-state index in [1.807, 2.05) is 13.8 Å². The van der Waals surface area contributed by atoms with Gasteiger partial charge < -0.3 is 10.5 Å². The van der Waals surface area contributed by atoms with Crippen LogP contribution in [0.3, 0.4) is 0 Å². The molecule has 0 saturated carbocycles. The molecule has 1 rings (SSSR count). The first-order valence-electron chi connectivity index (χ1n) is 3.65. The van der Waals surface area contributed by atoms with Crippen molar-refractivity contribution >= 4 is 5.69 Å². The normalized spacial score (nSPS) is 13.3. The molecular weight excluding hydrogens is 142 g/mol. The largest absolute Gasteiger partial charge is 0.396 e. The van der Waals surface area contributed by atoms with E-state index in [2.05, 4.69) is 5.10 Å². The summed E-state index contributed by atoms with van der Waals surface area (Å²) in [4.78, 5) is 0. The van der Waals surface area contributed by atoms with E-state index in [0.717, 1.165) is 0 Å². The van der Waals surface area contributed by atoms with Crippen molar-refractivity contribution in [1.82, 2.24) is 9.78 Å². The molecule has 0 amide bonds. The maximum atomic E-state index is 5.47. The third-order valence-electron chi connectivity index (χ3n) is 1.40. The Hall–Kier alpha value is -1.03. The lowest BCUT2D eigenvalue weighted by atomic mass is 10.6. The molecule has 11 heavy (non-hydrogen) atoms. The lowest BCUT2D eigenvalue weighted by Crippen LogP contribution is -2.09. The quantitative estimate of drug-likeness (QED) is 0.709. The molecule has 0 fully saturated rings. The van der Waals surface area contributed by atoms with Crippen molar-refractivity contribution in [3.05, 3.63) is 12.4 Å². The zero-order valence-corrected chi connectivity index (χ0v) is 6.82. The summed E-state index contributed by atoms with van der Waals surface area (Å²) in [6.07, 6.45) is 3.33. The van der Waals surface area contributed by atoms with Gasteiger partial charge in [0.15, 0.2) is 0 Å². The molecule has 1 aromatic rings. The smallest absolute Gasteiger partial charge is 0.147 e. The van der Waals surface area contributed by atoms with Gasteiger partial charge in [-0.3, -0.25) is 0 Å². The Morgan fingerprint density at radius 1 is 1.82 bits per heavy atom. The van der Waals surface area contributed by atoms with Crippen LogP contribution in [0.25, 0.3) is 0 Å². The first-order chi connectivity index (χ1) is 5.24. The van der Waals surface area contributed by atoms with Crippen LogP contribution in [0.4, 0.5) is 5.69 Å². The monoisotopic (exact) mass is 155 g/mol. The summed E-state index contributed by atoms with van der Waals surface area (Å²) in [5.41, 5.74) is 6.14.